The normalized spacial score (nSPS) is 14.9. The number of piperidine rings is 1. The summed E-state index contributed by atoms with van der Waals surface area (Å²) in [4.78, 5) is 11.6. The van der Waals surface area contributed by atoms with Crippen LogP contribution in [0.15, 0.2) is 55.0 Å². The smallest absolute Gasteiger partial charge is 0.161 e. The van der Waals surface area contributed by atoms with Gasteiger partial charge in [0, 0.05) is 37.2 Å². The highest BCUT2D eigenvalue weighted by molar-refractivity contribution is 5.85. The van der Waals surface area contributed by atoms with Crippen LogP contribution in [-0.4, -0.2) is 39.4 Å². The van der Waals surface area contributed by atoms with Crippen molar-refractivity contribution in [3.8, 4) is 17.1 Å². The van der Waals surface area contributed by atoms with Crippen molar-refractivity contribution in [1.29, 1.82) is 0 Å². The maximum Gasteiger partial charge on any atom is 0.161 e. The minimum Gasteiger partial charge on any atom is -0.356 e. The summed E-state index contributed by atoms with van der Waals surface area (Å²) >= 11 is 0. The Morgan fingerprint density at radius 3 is 2.65 bits per heavy atom. The van der Waals surface area contributed by atoms with Crippen LogP contribution >= 0.6 is 12.4 Å². The van der Waals surface area contributed by atoms with Gasteiger partial charge < -0.3 is 10.6 Å². The zero-order valence-corrected chi connectivity index (χ0v) is 15.3. The monoisotopic (exact) mass is 370 g/mol. The Hall–Kier alpha value is -2.44. The molecule has 1 aliphatic rings. The number of aromatic nitrogens is 4. The van der Waals surface area contributed by atoms with Crippen LogP contribution in [0.4, 0.5) is 5.82 Å². The highest BCUT2D eigenvalue weighted by Gasteiger charge is 2.19. The Morgan fingerprint density at radius 1 is 1.08 bits per heavy atom. The van der Waals surface area contributed by atoms with Crippen LogP contribution in [0, 0.1) is 5.92 Å². The molecule has 0 bridgehead atoms. The molecule has 7 heteroatoms. The molecule has 4 rings (SSSR count). The average molecular weight is 371 g/mol. The molecule has 0 radical (unpaired) electrons. The summed E-state index contributed by atoms with van der Waals surface area (Å²) in [5, 5.41) is 4.28. The Kier molecular flexibility index (Phi) is 5.85. The summed E-state index contributed by atoms with van der Waals surface area (Å²) in [5.41, 5.74) is 7.78. The third-order valence-corrected chi connectivity index (χ3v) is 4.79. The van der Waals surface area contributed by atoms with Gasteiger partial charge in [-0.05, 0) is 49.6 Å². The van der Waals surface area contributed by atoms with E-state index >= 15 is 0 Å². The molecule has 3 aromatic rings. The molecular formula is C19H23ClN6. The molecule has 0 aliphatic carbocycles. The number of hydrogen-bond donors (Lipinski definition) is 1. The number of nitrogens with two attached hydrogens (primary N) is 1. The number of benzene rings is 1. The fourth-order valence-electron chi connectivity index (χ4n) is 3.27. The fourth-order valence-corrected chi connectivity index (χ4v) is 3.27. The molecule has 1 aromatic carbocycles. The number of nitrogens with zero attached hydrogens (tertiary/aromatic N) is 5. The number of halogens is 1. The van der Waals surface area contributed by atoms with E-state index in [9.17, 15) is 0 Å². The van der Waals surface area contributed by atoms with Gasteiger partial charge in [-0.25, -0.2) is 14.6 Å². The largest absolute Gasteiger partial charge is 0.356 e. The second-order valence-electron chi connectivity index (χ2n) is 6.41. The van der Waals surface area contributed by atoms with Gasteiger partial charge in [0.1, 0.15) is 5.82 Å². The Balaban J connectivity index is 0.00000196. The lowest BCUT2D eigenvalue weighted by Gasteiger charge is -2.32. The summed E-state index contributed by atoms with van der Waals surface area (Å²) in [6.45, 7) is 2.79. The van der Waals surface area contributed by atoms with Gasteiger partial charge in [0.25, 0.3) is 0 Å². The maximum absolute atomic E-state index is 5.79. The molecular weight excluding hydrogens is 348 g/mol. The van der Waals surface area contributed by atoms with Crippen LogP contribution in [0.3, 0.4) is 0 Å². The lowest BCUT2D eigenvalue weighted by molar-refractivity contribution is 0.413. The van der Waals surface area contributed by atoms with Gasteiger partial charge in [-0.3, -0.25) is 0 Å². The Bertz CT molecular complexity index is 828. The predicted octanol–water partition coefficient (Wildman–Crippen LogP) is 2.93. The topological polar surface area (TPSA) is 72.9 Å². The van der Waals surface area contributed by atoms with Crippen molar-refractivity contribution in [2.24, 2.45) is 11.7 Å². The van der Waals surface area contributed by atoms with Crippen LogP contribution in [0.2, 0.25) is 0 Å². The van der Waals surface area contributed by atoms with Gasteiger partial charge in [-0.15, -0.1) is 12.4 Å². The summed E-state index contributed by atoms with van der Waals surface area (Å²) in [7, 11) is 0. The zero-order valence-electron chi connectivity index (χ0n) is 14.5. The molecule has 1 fully saturated rings. The van der Waals surface area contributed by atoms with E-state index < -0.39 is 0 Å². The first-order valence-electron chi connectivity index (χ1n) is 8.72. The van der Waals surface area contributed by atoms with Crippen LogP contribution < -0.4 is 10.6 Å². The summed E-state index contributed by atoms with van der Waals surface area (Å²) < 4.78 is 1.84. The van der Waals surface area contributed by atoms with Crippen molar-refractivity contribution in [3.05, 3.63) is 55.0 Å². The van der Waals surface area contributed by atoms with Crippen molar-refractivity contribution in [1.82, 2.24) is 19.7 Å². The Morgan fingerprint density at radius 2 is 1.92 bits per heavy atom. The Labute approximate surface area is 159 Å². The van der Waals surface area contributed by atoms with E-state index in [0.717, 1.165) is 55.4 Å². The average Bonchev–Trinajstić information content (AvgIpc) is 3.23. The van der Waals surface area contributed by atoms with Gasteiger partial charge in [-0.2, -0.15) is 5.10 Å². The zero-order chi connectivity index (χ0) is 17.1. The molecule has 0 atom stereocenters. The van der Waals surface area contributed by atoms with Gasteiger partial charge in [-0.1, -0.05) is 12.1 Å². The van der Waals surface area contributed by atoms with Crippen molar-refractivity contribution in [3.63, 3.8) is 0 Å². The molecule has 3 heterocycles. The van der Waals surface area contributed by atoms with Crippen molar-refractivity contribution < 1.29 is 0 Å². The van der Waals surface area contributed by atoms with Crippen LogP contribution in [0.25, 0.3) is 17.1 Å². The highest BCUT2D eigenvalue weighted by atomic mass is 35.5. The number of rotatable bonds is 4. The predicted molar refractivity (Wildman–Crippen MR) is 106 cm³/mol. The second-order valence-corrected chi connectivity index (χ2v) is 6.41. The van der Waals surface area contributed by atoms with E-state index in [4.69, 9.17) is 10.7 Å². The van der Waals surface area contributed by atoms with E-state index in [2.05, 4.69) is 21.0 Å². The quantitative estimate of drug-likeness (QED) is 0.764. The van der Waals surface area contributed by atoms with Crippen LogP contribution in [0.5, 0.6) is 0 Å². The minimum atomic E-state index is 0. The minimum absolute atomic E-state index is 0. The lowest BCUT2D eigenvalue weighted by atomic mass is 9.97. The van der Waals surface area contributed by atoms with E-state index in [-0.39, 0.29) is 12.4 Å². The van der Waals surface area contributed by atoms with E-state index in [1.54, 1.807) is 6.20 Å². The molecule has 0 saturated carbocycles. The van der Waals surface area contributed by atoms with E-state index in [0.29, 0.717) is 5.92 Å². The van der Waals surface area contributed by atoms with E-state index in [1.807, 2.05) is 47.4 Å². The summed E-state index contributed by atoms with van der Waals surface area (Å²) in [5.74, 6) is 2.38. The number of anilines is 1. The first kappa shape index (κ1) is 18.4. The molecule has 2 aromatic heterocycles. The van der Waals surface area contributed by atoms with Gasteiger partial charge in [0.2, 0.25) is 0 Å². The molecule has 0 unspecified atom stereocenters. The molecule has 6 nitrogen and oxygen atoms in total. The van der Waals surface area contributed by atoms with Crippen LogP contribution in [-0.2, 0) is 0 Å². The summed E-state index contributed by atoms with van der Waals surface area (Å²) in [6, 6.07) is 12.0. The molecule has 2 N–H and O–H groups in total. The molecule has 0 spiro atoms. The van der Waals surface area contributed by atoms with Crippen molar-refractivity contribution >= 4 is 18.2 Å². The lowest BCUT2D eigenvalue weighted by Crippen LogP contribution is -2.36. The van der Waals surface area contributed by atoms with Gasteiger partial charge in [0.05, 0.1) is 5.69 Å². The van der Waals surface area contributed by atoms with Crippen molar-refractivity contribution in [2.75, 3.05) is 24.5 Å². The first-order chi connectivity index (χ1) is 12.3. The van der Waals surface area contributed by atoms with Crippen molar-refractivity contribution in [2.45, 2.75) is 12.8 Å². The third-order valence-electron chi connectivity index (χ3n) is 4.79. The fraction of sp³-hybridized carbons (Fsp3) is 0.316. The molecule has 26 heavy (non-hydrogen) atoms. The van der Waals surface area contributed by atoms with Gasteiger partial charge in [0.15, 0.2) is 5.82 Å². The molecule has 136 valence electrons. The maximum atomic E-state index is 5.79. The van der Waals surface area contributed by atoms with Gasteiger partial charge >= 0.3 is 0 Å². The number of hydrogen-bond acceptors (Lipinski definition) is 5. The van der Waals surface area contributed by atoms with E-state index in [1.165, 1.54) is 0 Å². The highest BCUT2D eigenvalue weighted by Crippen LogP contribution is 2.24. The first-order valence-corrected chi connectivity index (χ1v) is 8.72. The van der Waals surface area contributed by atoms with Crippen LogP contribution in [0.1, 0.15) is 12.8 Å². The SMILES string of the molecule is Cl.NCC1CCN(c2ccnc(-c3cccc(-n4cccn4)c3)n2)CC1. The summed E-state index contributed by atoms with van der Waals surface area (Å²) in [6.07, 6.45) is 7.80. The second kappa shape index (κ2) is 8.29. The third kappa shape index (κ3) is 3.86. The molecule has 1 saturated heterocycles. The molecule has 0 amide bonds. The standard InChI is InChI=1S/C19H22N6.ClH/c20-14-15-6-11-24(12-7-15)18-5-9-21-19(23-18)16-3-1-4-17(13-16)25-10-2-8-22-25;/h1-5,8-10,13,15H,6-7,11-12,14,20H2;1H. The molecule has 1 aliphatic heterocycles.